The summed E-state index contributed by atoms with van der Waals surface area (Å²) in [7, 11) is 1.23. The zero-order valence-corrected chi connectivity index (χ0v) is 17.3. The Balaban J connectivity index is 1.82. The SMILES string of the molecule is COc1c(CO)c(O[C@@H]2O[C@H](CO)[C@@H](O)[C@H](O)[C@H]2O)cc2c1C(=O)c1ccc(O)cc1C2=O. The molecule has 5 atom stereocenters. The molecule has 33 heavy (non-hydrogen) atoms. The first kappa shape index (κ1) is 23.1. The number of hydrogen-bond donors (Lipinski definition) is 6. The second-order valence-corrected chi connectivity index (χ2v) is 7.67. The number of methoxy groups -OCH3 is 1. The maximum atomic E-state index is 13.2. The highest BCUT2D eigenvalue weighted by Crippen LogP contribution is 2.42. The molecule has 11 heteroatoms. The highest BCUT2D eigenvalue weighted by molar-refractivity contribution is 6.29. The summed E-state index contributed by atoms with van der Waals surface area (Å²) in [5, 5.41) is 59.4. The van der Waals surface area contributed by atoms with Gasteiger partial charge in [0.15, 0.2) is 11.6 Å². The average Bonchev–Trinajstić information content (AvgIpc) is 2.81. The van der Waals surface area contributed by atoms with E-state index in [1.807, 2.05) is 0 Å². The molecular weight excluding hydrogens is 440 g/mol. The monoisotopic (exact) mass is 462 g/mol. The first-order chi connectivity index (χ1) is 15.7. The number of benzene rings is 2. The van der Waals surface area contributed by atoms with Gasteiger partial charge in [-0.05, 0) is 24.3 Å². The normalized spacial score (nSPS) is 26.5. The molecule has 1 fully saturated rings. The summed E-state index contributed by atoms with van der Waals surface area (Å²) < 4.78 is 16.3. The van der Waals surface area contributed by atoms with E-state index < -0.39 is 55.5 Å². The quantitative estimate of drug-likeness (QED) is 0.269. The van der Waals surface area contributed by atoms with Crippen molar-refractivity contribution in [2.24, 2.45) is 0 Å². The summed E-state index contributed by atoms with van der Waals surface area (Å²) >= 11 is 0. The van der Waals surface area contributed by atoms with Crippen molar-refractivity contribution in [3.63, 3.8) is 0 Å². The lowest BCUT2D eigenvalue weighted by atomic mass is 9.82. The van der Waals surface area contributed by atoms with Crippen molar-refractivity contribution in [2.75, 3.05) is 13.7 Å². The molecule has 4 rings (SSSR count). The van der Waals surface area contributed by atoms with Gasteiger partial charge in [0.05, 0.1) is 31.5 Å². The van der Waals surface area contributed by atoms with E-state index in [1.54, 1.807) is 0 Å². The summed E-state index contributed by atoms with van der Waals surface area (Å²) in [6, 6.07) is 4.90. The third kappa shape index (κ3) is 3.64. The number of phenols is 1. The van der Waals surface area contributed by atoms with Crippen LogP contribution in [-0.4, -0.2) is 86.6 Å². The molecular formula is C22H22O11. The minimum absolute atomic E-state index is 0.0309. The third-order valence-corrected chi connectivity index (χ3v) is 5.76. The Labute approximate surface area is 187 Å². The van der Waals surface area contributed by atoms with Crippen LogP contribution >= 0.6 is 0 Å². The Morgan fingerprint density at radius 1 is 0.939 bits per heavy atom. The average molecular weight is 462 g/mol. The Kier molecular flexibility index (Phi) is 6.10. The van der Waals surface area contributed by atoms with Gasteiger partial charge in [-0.25, -0.2) is 0 Å². The van der Waals surface area contributed by atoms with Gasteiger partial charge < -0.3 is 44.8 Å². The molecule has 0 aromatic heterocycles. The van der Waals surface area contributed by atoms with Gasteiger partial charge in [0, 0.05) is 16.7 Å². The fraction of sp³-hybridized carbons (Fsp3) is 0.364. The first-order valence-corrected chi connectivity index (χ1v) is 9.97. The number of aromatic hydroxyl groups is 1. The molecule has 1 saturated heterocycles. The molecule has 2 aliphatic rings. The lowest BCUT2D eigenvalue weighted by Crippen LogP contribution is -2.60. The van der Waals surface area contributed by atoms with E-state index in [0.717, 1.165) is 12.1 Å². The number of aliphatic hydroxyl groups is 5. The van der Waals surface area contributed by atoms with Crippen LogP contribution in [0.4, 0.5) is 0 Å². The Morgan fingerprint density at radius 3 is 2.30 bits per heavy atom. The van der Waals surface area contributed by atoms with E-state index in [2.05, 4.69) is 0 Å². The molecule has 11 nitrogen and oxygen atoms in total. The number of hydrogen-bond acceptors (Lipinski definition) is 11. The number of rotatable bonds is 5. The van der Waals surface area contributed by atoms with Crippen LogP contribution in [0.25, 0.3) is 0 Å². The summed E-state index contributed by atoms with van der Waals surface area (Å²) in [5.74, 6) is -1.72. The van der Waals surface area contributed by atoms with E-state index in [4.69, 9.17) is 14.2 Å². The zero-order chi connectivity index (χ0) is 24.0. The van der Waals surface area contributed by atoms with Gasteiger partial charge in [0.25, 0.3) is 0 Å². The predicted octanol–water partition coefficient (Wildman–Crippen LogP) is -1.15. The smallest absolute Gasteiger partial charge is 0.229 e. The molecule has 6 N–H and O–H groups in total. The number of aliphatic hydroxyl groups excluding tert-OH is 5. The fourth-order valence-electron chi connectivity index (χ4n) is 4.05. The molecule has 0 saturated carbocycles. The van der Waals surface area contributed by atoms with Gasteiger partial charge in [-0.3, -0.25) is 9.59 Å². The summed E-state index contributed by atoms with van der Waals surface area (Å²) in [4.78, 5) is 26.3. The van der Waals surface area contributed by atoms with Crippen LogP contribution in [0.1, 0.15) is 37.4 Å². The molecule has 0 bridgehead atoms. The second kappa shape index (κ2) is 8.71. The molecule has 1 heterocycles. The molecule has 0 unspecified atom stereocenters. The van der Waals surface area contributed by atoms with Crippen LogP contribution in [0.2, 0.25) is 0 Å². The van der Waals surface area contributed by atoms with E-state index in [-0.39, 0.29) is 45.1 Å². The Bertz CT molecular complexity index is 1110. The van der Waals surface area contributed by atoms with Crippen LogP contribution in [0, 0.1) is 0 Å². The molecule has 2 aromatic rings. The van der Waals surface area contributed by atoms with Crippen LogP contribution in [0.15, 0.2) is 24.3 Å². The highest BCUT2D eigenvalue weighted by atomic mass is 16.7. The number of ketones is 2. The Morgan fingerprint density at radius 2 is 1.67 bits per heavy atom. The summed E-state index contributed by atoms with van der Waals surface area (Å²) in [5.41, 5.74) is -0.255. The van der Waals surface area contributed by atoms with Gasteiger partial charge in [0.1, 0.15) is 41.7 Å². The topological polar surface area (TPSA) is 183 Å². The van der Waals surface area contributed by atoms with Gasteiger partial charge in [-0.1, -0.05) is 0 Å². The minimum atomic E-state index is -1.74. The number of carbonyl (C=O) groups is 2. The van der Waals surface area contributed by atoms with Gasteiger partial charge in [-0.2, -0.15) is 0 Å². The lowest BCUT2D eigenvalue weighted by molar-refractivity contribution is -0.277. The van der Waals surface area contributed by atoms with Crippen LogP contribution in [-0.2, 0) is 11.3 Å². The van der Waals surface area contributed by atoms with Crippen molar-refractivity contribution < 1.29 is 54.4 Å². The molecule has 0 radical (unpaired) electrons. The van der Waals surface area contributed by atoms with Gasteiger partial charge >= 0.3 is 0 Å². The molecule has 2 aromatic carbocycles. The standard InChI is InChI=1S/C22H22O11/c1-31-21-12(6-23)13(32-22-20(30)19(29)18(28)14(7-24)33-22)5-11-15(21)17(27)9-3-2-8(25)4-10(9)16(11)26/h2-5,14,18-20,22-25,28-30H,6-7H2,1H3/t14-,18-,19+,20-,22-/m1/s1. The number of fused-ring (bicyclic) bond motifs is 2. The van der Waals surface area contributed by atoms with E-state index in [9.17, 15) is 40.2 Å². The van der Waals surface area contributed by atoms with Crippen molar-refractivity contribution in [1.82, 2.24) is 0 Å². The second-order valence-electron chi connectivity index (χ2n) is 7.67. The number of ether oxygens (including phenoxy) is 3. The zero-order valence-electron chi connectivity index (χ0n) is 17.3. The van der Waals surface area contributed by atoms with Crippen molar-refractivity contribution in [3.05, 3.63) is 52.1 Å². The van der Waals surface area contributed by atoms with Crippen molar-refractivity contribution >= 4 is 11.6 Å². The van der Waals surface area contributed by atoms with Crippen molar-refractivity contribution in [1.29, 1.82) is 0 Å². The van der Waals surface area contributed by atoms with Gasteiger partial charge in [-0.15, -0.1) is 0 Å². The number of phenolic OH excluding ortho intramolecular Hbond substituents is 1. The first-order valence-electron chi connectivity index (χ1n) is 9.97. The highest BCUT2D eigenvalue weighted by Gasteiger charge is 2.45. The van der Waals surface area contributed by atoms with E-state index in [0.29, 0.717) is 0 Å². The van der Waals surface area contributed by atoms with Gasteiger partial charge in [0.2, 0.25) is 6.29 Å². The fourth-order valence-corrected chi connectivity index (χ4v) is 4.05. The number of carbonyl (C=O) groups excluding carboxylic acids is 2. The third-order valence-electron chi connectivity index (χ3n) is 5.76. The molecule has 1 aliphatic heterocycles. The largest absolute Gasteiger partial charge is 0.508 e. The van der Waals surface area contributed by atoms with E-state index in [1.165, 1.54) is 19.2 Å². The maximum Gasteiger partial charge on any atom is 0.229 e. The van der Waals surface area contributed by atoms with Crippen molar-refractivity contribution in [3.8, 4) is 17.2 Å². The van der Waals surface area contributed by atoms with Crippen LogP contribution in [0.5, 0.6) is 17.2 Å². The minimum Gasteiger partial charge on any atom is -0.508 e. The van der Waals surface area contributed by atoms with Crippen LogP contribution in [0.3, 0.4) is 0 Å². The summed E-state index contributed by atoms with van der Waals surface area (Å²) in [6.07, 6.45) is -7.91. The maximum absolute atomic E-state index is 13.2. The predicted molar refractivity (Wildman–Crippen MR) is 108 cm³/mol. The van der Waals surface area contributed by atoms with E-state index >= 15 is 0 Å². The molecule has 1 aliphatic carbocycles. The Hall–Kier alpha value is -3.06. The van der Waals surface area contributed by atoms with Crippen LogP contribution < -0.4 is 9.47 Å². The summed E-state index contributed by atoms with van der Waals surface area (Å²) in [6.45, 7) is -1.37. The molecule has 0 amide bonds. The molecule has 176 valence electrons. The molecule has 0 spiro atoms. The lowest BCUT2D eigenvalue weighted by Gasteiger charge is -2.39. The van der Waals surface area contributed by atoms with Crippen molar-refractivity contribution in [2.45, 2.75) is 37.3 Å².